The fourth-order valence-corrected chi connectivity index (χ4v) is 5.55. The van der Waals surface area contributed by atoms with Gasteiger partial charge in [0.1, 0.15) is 11.3 Å². The Hall–Kier alpha value is -3.83. The first-order chi connectivity index (χ1) is 21.1. The highest BCUT2D eigenvalue weighted by Gasteiger charge is 2.39. The molecule has 0 unspecified atom stereocenters. The third-order valence-electron chi connectivity index (χ3n) is 7.67. The molecule has 0 fully saturated rings. The van der Waals surface area contributed by atoms with Crippen LogP contribution in [0.3, 0.4) is 0 Å². The lowest BCUT2D eigenvalue weighted by Gasteiger charge is -2.36. The van der Waals surface area contributed by atoms with Gasteiger partial charge >= 0.3 is 0 Å². The Morgan fingerprint density at radius 2 is 1.91 bits per heavy atom. The normalized spacial score (nSPS) is 18.5. The number of carbonyl (C=O) groups is 1. The molecule has 3 heterocycles. The summed E-state index contributed by atoms with van der Waals surface area (Å²) >= 11 is 0. The van der Waals surface area contributed by atoms with E-state index in [9.17, 15) is 4.79 Å². The number of amides is 1. The minimum absolute atomic E-state index is 0.0176. The van der Waals surface area contributed by atoms with Crippen LogP contribution in [0.1, 0.15) is 30.4 Å². The molecule has 43 heavy (non-hydrogen) atoms. The Morgan fingerprint density at radius 3 is 2.72 bits per heavy atom. The van der Waals surface area contributed by atoms with Crippen molar-refractivity contribution in [1.82, 2.24) is 10.3 Å². The second-order valence-corrected chi connectivity index (χ2v) is 10.3. The van der Waals surface area contributed by atoms with Crippen LogP contribution in [0.15, 0.2) is 71.2 Å². The molecule has 0 spiro atoms. The molecule has 230 valence electrons. The molecule has 1 amide bonds. The number of hydrogen-bond donors (Lipinski definition) is 3. The standard InChI is InChI=1S/C33H40N2O8/c1-3-41-33-25(11-14-39-16-17-40-15-13-36)27(28-21-42-30-7-5-4-6-24(28)30)19-31(43-33)32(37)34-12-10-22-20-35-29-9-8-23(38-2)18-26(22)29/h4-9,18-21,25,27,33,35-36H,3,10-17H2,1-2H3,(H,34,37)/t25-,27-,33+/m0/s1. The number of rotatable bonds is 16. The molecule has 10 heteroatoms. The van der Waals surface area contributed by atoms with Crippen molar-refractivity contribution in [3.8, 4) is 5.75 Å². The predicted molar refractivity (Wildman–Crippen MR) is 162 cm³/mol. The monoisotopic (exact) mass is 592 g/mol. The number of hydrogen-bond acceptors (Lipinski definition) is 8. The summed E-state index contributed by atoms with van der Waals surface area (Å²) in [6.07, 6.45) is 6.22. The Balaban J connectivity index is 1.32. The summed E-state index contributed by atoms with van der Waals surface area (Å²) in [7, 11) is 1.65. The van der Waals surface area contributed by atoms with E-state index in [0.29, 0.717) is 45.8 Å². The van der Waals surface area contributed by atoms with Crippen LogP contribution in [0.2, 0.25) is 0 Å². The first kappa shape index (κ1) is 30.6. The predicted octanol–water partition coefficient (Wildman–Crippen LogP) is 4.67. The first-order valence-electron chi connectivity index (χ1n) is 14.8. The largest absolute Gasteiger partial charge is 0.497 e. The average Bonchev–Trinajstić information content (AvgIpc) is 3.65. The summed E-state index contributed by atoms with van der Waals surface area (Å²) in [6, 6.07) is 13.8. The van der Waals surface area contributed by atoms with Gasteiger partial charge in [-0.05, 0) is 55.7 Å². The number of furan rings is 1. The minimum Gasteiger partial charge on any atom is -0.497 e. The molecular formula is C33H40N2O8. The van der Waals surface area contributed by atoms with Crippen molar-refractivity contribution in [1.29, 1.82) is 0 Å². The lowest BCUT2D eigenvalue weighted by molar-refractivity contribution is -0.168. The molecule has 1 aliphatic rings. The quantitative estimate of drug-likeness (QED) is 0.160. The maximum Gasteiger partial charge on any atom is 0.286 e. The highest BCUT2D eigenvalue weighted by Crippen LogP contribution is 2.42. The molecule has 3 atom stereocenters. The number of methoxy groups -OCH3 is 1. The van der Waals surface area contributed by atoms with Gasteiger partial charge < -0.3 is 43.5 Å². The van der Waals surface area contributed by atoms with E-state index in [1.54, 1.807) is 13.4 Å². The number of aromatic nitrogens is 1. The topological polar surface area (TPSA) is 124 Å². The first-order valence-corrected chi connectivity index (χ1v) is 14.8. The maximum atomic E-state index is 13.4. The molecule has 2 aromatic carbocycles. The van der Waals surface area contributed by atoms with E-state index in [4.69, 9.17) is 33.2 Å². The molecular weight excluding hydrogens is 552 g/mol. The van der Waals surface area contributed by atoms with Crippen molar-refractivity contribution in [2.24, 2.45) is 5.92 Å². The van der Waals surface area contributed by atoms with Crippen LogP contribution < -0.4 is 10.1 Å². The van der Waals surface area contributed by atoms with Crippen molar-refractivity contribution in [2.45, 2.75) is 32.0 Å². The number of benzene rings is 2. The zero-order chi connectivity index (χ0) is 30.0. The summed E-state index contributed by atoms with van der Waals surface area (Å²) in [5, 5.41) is 14.0. The van der Waals surface area contributed by atoms with Crippen molar-refractivity contribution in [3.05, 3.63) is 77.9 Å². The van der Waals surface area contributed by atoms with Gasteiger partial charge in [-0.3, -0.25) is 4.79 Å². The van der Waals surface area contributed by atoms with Gasteiger partial charge in [0.15, 0.2) is 5.76 Å². The number of fused-ring (bicyclic) bond motifs is 2. The fourth-order valence-electron chi connectivity index (χ4n) is 5.55. The molecule has 4 aromatic rings. The van der Waals surface area contributed by atoms with Crippen LogP contribution in [0.4, 0.5) is 0 Å². The lowest BCUT2D eigenvalue weighted by atomic mass is 9.81. The molecule has 0 saturated heterocycles. The van der Waals surface area contributed by atoms with Gasteiger partial charge in [0.25, 0.3) is 5.91 Å². The molecule has 0 saturated carbocycles. The number of aliphatic hydroxyl groups excluding tert-OH is 1. The molecule has 10 nitrogen and oxygen atoms in total. The number of aliphatic hydroxyl groups is 1. The Bertz CT molecular complexity index is 1510. The number of ether oxygens (including phenoxy) is 5. The molecule has 2 aromatic heterocycles. The van der Waals surface area contributed by atoms with Gasteiger partial charge in [-0.15, -0.1) is 0 Å². The van der Waals surface area contributed by atoms with Gasteiger partial charge in [0.2, 0.25) is 6.29 Å². The molecule has 3 N–H and O–H groups in total. The van der Waals surface area contributed by atoms with Gasteiger partial charge in [-0.1, -0.05) is 18.2 Å². The zero-order valence-corrected chi connectivity index (χ0v) is 24.7. The maximum absolute atomic E-state index is 13.4. The molecule has 0 bridgehead atoms. The summed E-state index contributed by atoms with van der Waals surface area (Å²) in [6.45, 7) is 4.31. The Kier molecular flexibility index (Phi) is 10.7. The van der Waals surface area contributed by atoms with Crippen molar-refractivity contribution >= 4 is 27.8 Å². The lowest BCUT2D eigenvalue weighted by Crippen LogP contribution is -2.39. The number of para-hydroxylation sites is 1. The minimum atomic E-state index is -0.648. The average molecular weight is 593 g/mol. The summed E-state index contributed by atoms with van der Waals surface area (Å²) in [5.41, 5.74) is 3.85. The summed E-state index contributed by atoms with van der Waals surface area (Å²) in [5.74, 6) is 0.384. The van der Waals surface area contributed by atoms with E-state index < -0.39 is 6.29 Å². The van der Waals surface area contributed by atoms with Gasteiger partial charge in [0, 0.05) is 59.6 Å². The number of carbonyl (C=O) groups excluding carboxylic acids is 1. The Labute approximate surface area is 250 Å². The highest BCUT2D eigenvalue weighted by molar-refractivity contribution is 5.92. The van der Waals surface area contributed by atoms with E-state index in [0.717, 1.165) is 38.7 Å². The summed E-state index contributed by atoms with van der Waals surface area (Å²) in [4.78, 5) is 16.7. The Morgan fingerprint density at radius 1 is 1.07 bits per heavy atom. The van der Waals surface area contributed by atoms with E-state index in [2.05, 4.69) is 10.3 Å². The van der Waals surface area contributed by atoms with E-state index >= 15 is 0 Å². The molecule has 5 rings (SSSR count). The van der Waals surface area contributed by atoms with Crippen LogP contribution in [0.25, 0.3) is 21.9 Å². The van der Waals surface area contributed by atoms with Crippen LogP contribution >= 0.6 is 0 Å². The number of nitrogens with one attached hydrogen (secondary N) is 2. The van der Waals surface area contributed by atoms with Crippen LogP contribution in [0, 0.1) is 5.92 Å². The van der Waals surface area contributed by atoms with E-state index in [1.807, 2.05) is 61.7 Å². The smallest absolute Gasteiger partial charge is 0.286 e. The van der Waals surface area contributed by atoms with Crippen molar-refractivity contribution in [3.63, 3.8) is 0 Å². The van der Waals surface area contributed by atoms with Crippen molar-refractivity contribution in [2.75, 3.05) is 53.3 Å². The molecule has 0 aliphatic carbocycles. The molecule has 0 radical (unpaired) electrons. The van der Waals surface area contributed by atoms with Gasteiger partial charge in [-0.2, -0.15) is 0 Å². The summed E-state index contributed by atoms with van der Waals surface area (Å²) < 4.78 is 34.6. The van der Waals surface area contributed by atoms with Gasteiger partial charge in [-0.25, -0.2) is 0 Å². The third kappa shape index (κ3) is 7.40. The second-order valence-electron chi connectivity index (χ2n) is 10.3. The second kappa shape index (κ2) is 15.1. The van der Waals surface area contributed by atoms with E-state index in [-0.39, 0.29) is 36.7 Å². The molecule has 1 aliphatic heterocycles. The van der Waals surface area contributed by atoms with Crippen LogP contribution in [-0.4, -0.2) is 75.6 Å². The number of allylic oxidation sites excluding steroid dienone is 1. The highest BCUT2D eigenvalue weighted by atomic mass is 16.7. The number of H-pyrrole nitrogens is 1. The van der Waals surface area contributed by atoms with Crippen molar-refractivity contribution < 1.29 is 38.0 Å². The van der Waals surface area contributed by atoms with Crippen LogP contribution in [0.5, 0.6) is 5.75 Å². The third-order valence-corrected chi connectivity index (χ3v) is 7.67. The zero-order valence-electron chi connectivity index (χ0n) is 24.7. The van der Waals surface area contributed by atoms with E-state index in [1.165, 1.54) is 0 Å². The fraction of sp³-hybridized carbons (Fsp3) is 0.424. The SMILES string of the molecule is CCO[C@@H]1OC(C(=O)NCCc2c[nH]c3ccc(OC)cc23)=C[C@H](c2coc3ccccc23)[C@@H]1CCOCCOCCO. The van der Waals surface area contributed by atoms with Gasteiger partial charge in [0.05, 0.1) is 39.8 Å². The van der Waals surface area contributed by atoms with Crippen LogP contribution in [-0.2, 0) is 30.2 Å². The number of aromatic amines is 1.